The number of nitrogens with one attached hydrogen (secondary N) is 1. The van der Waals surface area contributed by atoms with E-state index in [1.807, 2.05) is 19.9 Å². The predicted octanol–water partition coefficient (Wildman–Crippen LogP) is 2.94. The Labute approximate surface area is 161 Å². The Kier molecular flexibility index (Phi) is 5.44. The van der Waals surface area contributed by atoms with E-state index in [0.717, 1.165) is 22.1 Å². The Morgan fingerprint density at radius 1 is 1.07 bits per heavy atom. The summed E-state index contributed by atoms with van der Waals surface area (Å²) in [7, 11) is 0. The van der Waals surface area contributed by atoms with Crippen LogP contribution >= 0.6 is 0 Å². The molecule has 2 aromatic carbocycles. The van der Waals surface area contributed by atoms with E-state index in [2.05, 4.69) is 5.32 Å². The van der Waals surface area contributed by atoms with E-state index < -0.39 is 17.6 Å². The van der Waals surface area contributed by atoms with Gasteiger partial charge in [-0.05, 0) is 54.8 Å². The van der Waals surface area contributed by atoms with Crippen molar-refractivity contribution in [1.29, 1.82) is 0 Å². The number of urea groups is 1. The van der Waals surface area contributed by atoms with Crippen LogP contribution < -0.4 is 16.7 Å². The van der Waals surface area contributed by atoms with E-state index in [1.165, 1.54) is 6.07 Å². The van der Waals surface area contributed by atoms with Gasteiger partial charge in [0.1, 0.15) is 12.2 Å². The number of rotatable bonds is 5. The van der Waals surface area contributed by atoms with Gasteiger partial charge in [0.15, 0.2) is 0 Å². The van der Waals surface area contributed by atoms with E-state index in [-0.39, 0.29) is 13.2 Å². The molecule has 0 saturated carbocycles. The monoisotopic (exact) mass is 380 g/mol. The molecule has 3 N–H and O–H groups in total. The predicted molar refractivity (Wildman–Crippen MR) is 104 cm³/mol. The van der Waals surface area contributed by atoms with Gasteiger partial charge in [0.25, 0.3) is 0 Å². The van der Waals surface area contributed by atoms with Crippen LogP contribution in [-0.4, -0.2) is 12.0 Å². The SMILES string of the molecule is Cc1cc2oc(=O)cc(COC(=O)c3ccc(CNC(N)=O)cc3)c2cc1C. The molecule has 1 aromatic heterocycles. The van der Waals surface area contributed by atoms with Crippen molar-refractivity contribution < 1.29 is 18.7 Å². The summed E-state index contributed by atoms with van der Waals surface area (Å²) in [5, 5.41) is 3.21. The molecule has 7 heteroatoms. The fourth-order valence-electron chi connectivity index (χ4n) is 2.78. The maximum Gasteiger partial charge on any atom is 0.338 e. The Morgan fingerprint density at radius 3 is 2.43 bits per heavy atom. The number of benzene rings is 2. The minimum Gasteiger partial charge on any atom is -0.457 e. The van der Waals surface area contributed by atoms with Crippen LogP contribution in [0, 0.1) is 13.8 Å². The van der Waals surface area contributed by atoms with Crippen LogP contribution in [0.15, 0.2) is 51.7 Å². The lowest BCUT2D eigenvalue weighted by atomic mass is 10.0. The van der Waals surface area contributed by atoms with Crippen LogP contribution in [0.25, 0.3) is 11.0 Å². The number of hydrogen-bond acceptors (Lipinski definition) is 5. The average molecular weight is 380 g/mol. The smallest absolute Gasteiger partial charge is 0.338 e. The second-order valence-electron chi connectivity index (χ2n) is 6.51. The lowest BCUT2D eigenvalue weighted by Gasteiger charge is -2.09. The molecule has 0 aliphatic heterocycles. The van der Waals surface area contributed by atoms with Crippen LogP contribution in [0.4, 0.5) is 4.79 Å². The molecule has 7 nitrogen and oxygen atoms in total. The number of esters is 1. The number of carbonyl (C=O) groups is 2. The molecule has 1 heterocycles. The Hall–Kier alpha value is -3.61. The molecule has 3 rings (SSSR count). The highest BCUT2D eigenvalue weighted by atomic mass is 16.5. The fraction of sp³-hybridized carbons (Fsp3) is 0.190. The van der Waals surface area contributed by atoms with Gasteiger partial charge in [0.05, 0.1) is 5.56 Å². The zero-order chi connectivity index (χ0) is 20.3. The summed E-state index contributed by atoms with van der Waals surface area (Å²) in [5.41, 5.74) is 8.81. The van der Waals surface area contributed by atoms with Gasteiger partial charge in [-0.3, -0.25) is 0 Å². The first-order valence-electron chi connectivity index (χ1n) is 8.67. The van der Waals surface area contributed by atoms with Crippen molar-refractivity contribution in [3.8, 4) is 0 Å². The van der Waals surface area contributed by atoms with Gasteiger partial charge in [-0.15, -0.1) is 0 Å². The van der Waals surface area contributed by atoms with E-state index in [4.69, 9.17) is 14.9 Å². The third-order valence-electron chi connectivity index (χ3n) is 4.46. The van der Waals surface area contributed by atoms with E-state index >= 15 is 0 Å². The Morgan fingerprint density at radius 2 is 1.75 bits per heavy atom. The molecule has 28 heavy (non-hydrogen) atoms. The molecule has 0 radical (unpaired) electrons. The maximum atomic E-state index is 12.3. The highest BCUT2D eigenvalue weighted by Crippen LogP contribution is 2.22. The summed E-state index contributed by atoms with van der Waals surface area (Å²) in [6, 6.07) is 11.0. The Bertz CT molecular complexity index is 1100. The van der Waals surface area contributed by atoms with Crippen molar-refractivity contribution in [1.82, 2.24) is 5.32 Å². The second-order valence-corrected chi connectivity index (χ2v) is 6.51. The normalized spacial score (nSPS) is 10.6. The van der Waals surface area contributed by atoms with E-state index in [1.54, 1.807) is 30.3 Å². The van der Waals surface area contributed by atoms with Crippen molar-refractivity contribution in [2.45, 2.75) is 27.0 Å². The molecule has 2 amide bonds. The number of hydrogen-bond donors (Lipinski definition) is 2. The number of ether oxygens (including phenoxy) is 1. The van der Waals surface area contributed by atoms with Crippen molar-refractivity contribution in [3.05, 3.63) is 80.7 Å². The van der Waals surface area contributed by atoms with Crippen molar-refractivity contribution >= 4 is 23.0 Å². The van der Waals surface area contributed by atoms with Crippen LogP contribution in [-0.2, 0) is 17.9 Å². The molecular weight excluding hydrogens is 360 g/mol. The summed E-state index contributed by atoms with van der Waals surface area (Å²) in [4.78, 5) is 34.9. The second kappa shape index (κ2) is 7.96. The summed E-state index contributed by atoms with van der Waals surface area (Å²) >= 11 is 0. The summed E-state index contributed by atoms with van der Waals surface area (Å²) < 4.78 is 10.6. The first-order valence-corrected chi connectivity index (χ1v) is 8.67. The summed E-state index contributed by atoms with van der Waals surface area (Å²) in [5.74, 6) is -0.514. The topological polar surface area (TPSA) is 112 Å². The summed E-state index contributed by atoms with van der Waals surface area (Å²) in [6.07, 6.45) is 0. The molecule has 0 fully saturated rings. The number of fused-ring (bicyclic) bond motifs is 1. The fourth-order valence-corrected chi connectivity index (χ4v) is 2.78. The first kappa shape index (κ1) is 19.2. The largest absolute Gasteiger partial charge is 0.457 e. The average Bonchev–Trinajstić information content (AvgIpc) is 2.66. The minimum atomic E-state index is -0.617. The molecule has 0 spiro atoms. The number of aryl methyl sites for hydroxylation is 2. The molecular formula is C21H20N2O5. The number of primary amides is 1. The van der Waals surface area contributed by atoms with E-state index in [9.17, 15) is 14.4 Å². The molecule has 0 saturated heterocycles. The lowest BCUT2D eigenvalue weighted by molar-refractivity contribution is 0.0474. The minimum absolute atomic E-state index is 0.0472. The van der Waals surface area contributed by atoms with Crippen molar-refractivity contribution in [2.75, 3.05) is 0 Å². The number of carbonyl (C=O) groups excluding carboxylic acids is 2. The highest BCUT2D eigenvalue weighted by molar-refractivity contribution is 5.89. The van der Waals surface area contributed by atoms with E-state index in [0.29, 0.717) is 16.7 Å². The van der Waals surface area contributed by atoms with Gasteiger partial charge >= 0.3 is 17.6 Å². The quantitative estimate of drug-likeness (QED) is 0.522. The van der Waals surface area contributed by atoms with Crippen LogP contribution in [0.3, 0.4) is 0 Å². The zero-order valence-electron chi connectivity index (χ0n) is 15.6. The molecule has 0 atom stereocenters. The van der Waals surface area contributed by atoms with Gasteiger partial charge in [0.2, 0.25) is 0 Å². The van der Waals surface area contributed by atoms with Gasteiger partial charge in [-0.2, -0.15) is 0 Å². The Balaban J connectivity index is 1.75. The van der Waals surface area contributed by atoms with Crippen molar-refractivity contribution in [3.63, 3.8) is 0 Å². The molecule has 0 aliphatic rings. The van der Waals surface area contributed by atoms with Gasteiger partial charge in [-0.25, -0.2) is 14.4 Å². The first-order chi connectivity index (χ1) is 13.3. The molecule has 0 unspecified atom stereocenters. The number of nitrogens with two attached hydrogens (primary N) is 1. The van der Waals surface area contributed by atoms with Gasteiger partial charge in [-0.1, -0.05) is 12.1 Å². The molecule has 144 valence electrons. The summed E-state index contributed by atoms with van der Waals surface area (Å²) in [6.45, 7) is 4.12. The van der Waals surface area contributed by atoms with Crippen molar-refractivity contribution in [2.24, 2.45) is 5.73 Å². The van der Waals surface area contributed by atoms with Crippen LogP contribution in [0.2, 0.25) is 0 Å². The highest BCUT2D eigenvalue weighted by Gasteiger charge is 2.12. The third kappa shape index (κ3) is 4.37. The van der Waals surface area contributed by atoms with Crippen LogP contribution in [0.1, 0.15) is 32.6 Å². The zero-order valence-corrected chi connectivity index (χ0v) is 15.6. The molecule has 0 aliphatic carbocycles. The number of amides is 2. The van der Waals surface area contributed by atoms with Gasteiger partial charge < -0.3 is 20.2 Å². The maximum absolute atomic E-state index is 12.3. The molecule has 0 bridgehead atoms. The third-order valence-corrected chi connectivity index (χ3v) is 4.46. The van der Waals surface area contributed by atoms with Gasteiger partial charge in [0, 0.05) is 23.6 Å². The lowest BCUT2D eigenvalue weighted by Crippen LogP contribution is -2.28. The van der Waals surface area contributed by atoms with Crippen LogP contribution in [0.5, 0.6) is 0 Å². The standard InChI is InChI=1S/C21H20N2O5/c1-12-7-17-16(9-19(24)28-18(17)8-13(12)2)11-27-20(25)15-5-3-14(4-6-15)10-23-21(22)26/h3-9H,10-11H2,1-2H3,(H3,22,23,26). The molecule has 3 aromatic rings.